The Balaban J connectivity index is 0.00000289. The van der Waals surface area contributed by atoms with Crippen molar-refractivity contribution >= 4 is 36.0 Å². The van der Waals surface area contributed by atoms with Crippen LogP contribution in [0.3, 0.4) is 0 Å². The standard InChI is InChI=1S/C23H32N6O2.HI/c1-17-24-8-9-27(17)15-19-7-5-6-18(12-19)13-25-21-26-14-20-16-28(10-11-29(20)21)22(30)31-23(2,3)4;/h5-9,12,20H,10-11,13-16H2,1-4H3,(H,25,26);1H. The van der Waals surface area contributed by atoms with E-state index in [1.807, 2.05) is 40.1 Å². The summed E-state index contributed by atoms with van der Waals surface area (Å²) in [6.45, 7) is 12.0. The molecule has 0 saturated carbocycles. The van der Waals surface area contributed by atoms with Crippen molar-refractivity contribution in [2.24, 2.45) is 4.99 Å². The molecule has 1 atom stereocenters. The second kappa shape index (κ2) is 10.1. The number of carbonyl (C=O) groups is 1. The zero-order chi connectivity index (χ0) is 22.0. The second-order valence-corrected chi connectivity index (χ2v) is 9.21. The number of fused-ring (bicyclic) bond motifs is 1. The third kappa shape index (κ3) is 5.93. The molecule has 0 aliphatic carbocycles. The number of amides is 1. The lowest BCUT2D eigenvalue weighted by Gasteiger charge is -2.39. The Morgan fingerprint density at radius 2 is 2.03 bits per heavy atom. The molecule has 9 heteroatoms. The first-order chi connectivity index (χ1) is 14.8. The Labute approximate surface area is 207 Å². The fraction of sp³-hybridized carbons (Fsp3) is 0.522. The highest BCUT2D eigenvalue weighted by molar-refractivity contribution is 14.0. The molecule has 1 aromatic heterocycles. The Morgan fingerprint density at radius 3 is 2.75 bits per heavy atom. The minimum Gasteiger partial charge on any atom is -0.444 e. The predicted molar refractivity (Wildman–Crippen MR) is 135 cm³/mol. The molecule has 2 aromatic rings. The van der Waals surface area contributed by atoms with Gasteiger partial charge >= 0.3 is 6.09 Å². The molecule has 3 heterocycles. The van der Waals surface area contributed by atoms with E-state index in [2.05, 4.69) is 44.0 Å². The van der Waals surface area contributed by atoms with Crippen molar-refractivity contribution in [3.05, 3.63) is 53.6 Å². The molecule has 8 nitrogen and oxygen atoms in total. The number of nitrogens with one attached hydrogen (secondary N) is 1. The topological polar surface area (TPSA) is 75.0 Å². The van der Waals surface area contributed by atoms with Gasteiger partial charge in [-0.05, 0) is 38.8 Å². The SMILES string of the molecule is Cc1nccn1Cc1cccc(CNC2=NCC3CN(C(=O)OC(C)(C)C)CCN23)c1.I. The highest BCUT2D eigenvalue weighted by atomic mass is 127. The van der Waals surface area contributed by atoms with Crippen LogP contribution < -0.4 is 5.32 Å². The molecular formula is C23H33IN6O2. The zero-order valence-corrected chi connectivity index (χ0v) is 21.6. The van der Waals surface area contributed by atoms with Gasteiger partial charge in [-0.25, -0.2) is 9.78 Å². The number of piperazine rings is 1. The molecule has 1 saturated heterocycles. The number of hydrogen-bond donors (Lipinski definition) is 1. The average molecular weight is 552 g/mol. The largest absolute Gasteiger partial charge is 0.444 e. The fourth-order valence-corrected chi connectivity index (χ4v) is 4.01. The van der Waals surface area contributed by atoms with Crippen molar-refractivity contribution in [1.82, 2.24) is 24.7 Å². The summed E-state index contributed by atoms with van der Waals surface area (Å²) < 4.78 is 7.66. The van der Waals surface area contributed by atoms with Crippen LogP contribution in [0.1, 0.15) is 37.7 Å². The number of ether oxygens (including phenoxy) is 1. The van der Waals surface area contributed by atoms with E-state index in [1.165, 1.54) is 11.1 Å². The second-order valence-electron chi connectivity index (χ2n) is 9.21. The number of rotatable bonds is 4. The summed E-state index contributed by atoms with van der Waals surface area (Å²) in [5.74, 6) is 1.94. The normalized spacial score (nSPS) is 18.0. The summed E-state index contributed by atoms with van der Waals surface area (Å²) in [5.41, 5.74) is 1.99. The molecule has 32 heavy (non-hydrogen) atoms. The van der Waals surface area contributed by atoms with Gasteiger partial charge < -0.3 is 24.4 Å². The molecule has 174 valence electrons. The molecule has 0 spiro atoms. The van der Waals surface area contributed by atoms with Gasteiger partial charge in [0, 0.05) is 45.1 Å². The van der Waals surface area contributed by atoms with Crippen molar-refractivity contribution in [3.63, 3.8) is 0 Å². The minimum absolute atomic E-state index is 0. The van der Waals surface area contributed by atoms with E-state index in [1.54, 1.807) is 4.90 Å². The van der Waals surface area contributed by atoms with E-state index in [0.717, 1.165) is 24.9 Å². The molecule has 1 N–H and O–H groups in total. The monoisotopic (exact) mass is 552 g/mol. The Kier molecular flexibility index (Phi) is 7.68. The summed E-state index contributed by atoms with van der Waals surface area (Å²) in [6.07, 6.45) is 3.60. The van der Waals surface area contributed by atoms with Crippen LogP contribution in [-0.2, 0) is 17.8 Å². The van der Waals surface area contributed by atoms with E-state index in [0.29, 0.717) is 26.2 Å². The van der Waals surface area contributed by atoms with Gasteiger partial charge in [0.25, 0.3) is 0 Å². The summed E-state index contributed by atoms with van der Waals surface area (Å²) >= 11 is 0. The summed E-state index contributed by atoms with van der Waals surface area (Å²) in [6, 6.07) is 8.80. The van der Waals surface area contributed by atoms with E-state index >= 15 is 0 Å². The third-order valence-electron chi connectivity index (χ3n) is 5.58. The molecule has 4 rings (SSSR count). The molecule has 1 amide bonds. The van der Waals surface area contributed by atoms with Gasteiger partial charge in [-0.2, -0.15) is 0 Å². The van der Waals surface area contributed by atoms with Crippen LogP contribution in [0.5, 0.6) is 0 Å². The summed E-state index contributed by atoms with van der Waals surface area (Å²) in [7, 11) is 0. The van der Waals surface area contributed by atoms with Gasteiger partial charge in [-0.1, -0.05) is 24.3 Å². The van der Waals surface area contributed by atoms with Crippen LogP contribution in [0.25, 0.3) is 0 Å². The van der Waals surface area contributed by atoms with Crippen LogP contribution in [-0.4, -0.2) is 69.2 Å². The highest BCUT2D eigenvalue weighted by Gasteiger charge is 2.36. The van der Waals surface area contributed by atoms with Gasteiger partial charge in [0.15, 0.2) is 5.96 Å². The number of aryl methyl sites for hydroxylation is 1. The number of aliphatic imine (C=N–C) groups is 1. The summed E-state index contributed by atoms with van der Waals surface area (Å²) in [4.78, 5) is 25.5. The number of benzene rings is 1. The molecular weight excluding hydrogens is 519 g/mol. The first-order valence-corrected chi connectivity index (χ1v) is 10.9. The number of guanidine groups is 1. The predicted octanol–water partition coefficient (Wildman–Crippen LogP) is 3.24. The molecule has 1 unspecified atom stereocenters. The van der Waals surface area contributed by atoms with Gasteiger partial charge in [-0.3, -0.25) is 4.99 Å². The first kappa shape index (κ1) is 24.3. The van der Waals surface area contributed by atoms with Crippen molar-refractivity contribution in [2.45, 2.75) is 52.4 Å². The lowest BCUT2D eigenvalue weighted by atomic mass is 10.1. The van der Waals surface area contributed by atoms with Gasteiger partial charge in [0.2, 0.25) is 0 Å². The lowest BCUT2D eigenvalue weighted by molar-refractivity contribution is 0.0137. The van der Waals surface area contributed by atoms with E-state index in [9.17, 15) is 4.79 Å². The van der Waals surface area contributed by atoms with Gasteiger partial charge in [0.05, 0.1) is 12.6 Å². The molecule has 1 fully saturated rings. The third-order valence-corrected chi connectivity index (χ3v) is 5.58. The molecule has 0 radical (unpaired) electrons. The number of hydrogen-bond acceptors (Lipinski definition) is 6. The minimum atomic E-state index is -0.474. The van der Waals surface area contributed by atoms with E-state index < -0.39 is 5.60 Å². The number of imidazole rings is 1. The van der Waals surface area contributed by atoms with E-state index in [4.69, 9.17) is 9.73 Å². The molecule has 2 aliphatic heterocycles. The number of aromatic nitrogens is 2. The van der Waals surface area contributed by atoms with Gasteiger partial charge in [-0.15, -0.1) is 24.0 Å². The van der Waals surface area contributed by atoms with Crippen molar-refractivity contribution in [1.29, 1.82) is 0 Å². The first-order valence-electron chi connectivity index (χ1n) is 10.9. The van der Waals surface area contributed by atoms with E-state index in [-0.39, 0.29) is 36.1 Å². The van der Waals surface area contributed by atoms with Crippen molar-refractivity contribution in [2.75, 3.05) is 26.2 Å². The number of halogens is 1. The highest BCUT2D eigenvalue weighted by Crippen LogP contribution is 2.19. The number of nitrogens with zero attached hydrogens (tertiary/aromatic N) is 5. The van der Waals surface area contributed by atoms with Crippen LogP contribution in [0, 0.1) is 6.92 Å². The lowest BCUT2D eigenvalue weighted by Crippen LogP contribution is -2.57. The van der Waals surface area contributed by atoms with Crippen LogP contribution in [0.15, 0.2) is 41.7 Å². The fourth-order valence-electron chi connectivity index (χ4n) is 4.01. The average Bonchev–Trinajstić information content (AvgIpc) is 3.31. The Morgan fingerprint density at radius 1 is 1.25 bits per heavy atom. The van der Waals surface area contributed by atoms with Crippen molar-refractivity contribution < 1.29 is 9.53 Å². The smallest absolute Gasteiger partial charge is 0.410 e. The zero-order valence-electron chi connectivity index (χ0n) is 19.2. The molecule has 0 bridgehead atoms. The number of carbonyl (C=O) groups excluding carboxylic acids is 1. The Bertz CT molecular complexity index is 967. The Hall–Kier alpha value is -2.30. The molecule has 2 aliphatic rings. The van der Waals surface area contributed by atoms with Crippen LogP contribution >= 0.6 is 24.0 Å². The maximum absolute atomic E-state index is 12.4. The molecule has 1 aromatic carbocycles. The summed E-state index contributed by atoms with van der Waals surface area (Å²) in [5, 5.41) is 3.50. The van der Waals surface area contributed by atoms with Gasteiger partial charge in [0.1, 0.15) is 11.4 Å². The quantitative estimate of drug-likeness (QED) is 0.590. The van der Waals surface area contributed by atoms with Crippen LogP contribution in [0.2, 0.25) is 0 Å². The van der Waals surface area contributed by atoms with Crippen LogP contribution in [0.4, 0.5) is 4.79 Å². The maximum Gasteiger partial charge on any atom is 0.410 e. The van der Waals surface area contributed by atoms with Crippen molar-refractivity contribution in [3.8, 4) is 0 Å². The maximum atomic E-state index is 12.4.